The van der Waals surface area contributed by atoms with Gasteiger partial charge in [-0.1, -0.05) is 30.3 Å². The Morgan fingerprint density at radius 3 is 2.79 bits per heavy atom. The van der Waals surface area contributed by atoms with Crippen LogP contribution in [0.3, 0.4) is 0 Å². The van der Waals surface area contributed by atoms with Crippen molar-refractivity contribution in [1.82, 2.24) is 5.32 Å². The molecule has 74 valence electrons. The maximum atomic E-state index is 11.2. The van der Waals surface area contributed by atoms with Gasteiger partial charge >= 0.3 is 0 Å². The third kappa shape index (κ3) is 2.34. The van der Waals surface area contributed by atoms with E-state index in [9.17, 15) is 4.79 Å². The summed E-state index contributed by atoms with van der Waals surface area (Å²) in [6.45, 7) is 0.844. The van der Waals surface area contributed by atoms with Crippen LogP contribution in [0.25, 0.3) is 0 Å². The van der Waals surface area contributed by atoms with Gasteiger partial charge in [0, 0.05) is 13.0 Å². The fourth-order valence-electron chi connectivity index (χ4n) is 1.97. The lowest BCUT2D eigenvalue weighted by atomic mass is 9.91. The Labute approximate surface area is 84.3 Å². The standard InChI is InChI=1S/C12H15NO/c14-12-9-11(6-7-13-12)8-10-4-2-1-3-5-10/h1-5,11H,6-9H2,(H,13,14). The molecule has 0 saturated carbocycles. The zero-order chi connectivity index (χ0) is 9.80. The summed E-state index contributed by atoms with van der Waals surface area (Å²) in [4.78, 5) is 11.2. The highest BCUT2D eigenvalue weighted by atomic mass is 16.1. The summed E-state index contributed by atoms with van der Waals surface area (Å²) in [7, 11) is 0. The molecule has 1 fully saturated rings. The van der Waals surface area contributed by atoms with Gasteiger partial charge in [0.25, 0.3) is 0 Å². The van der Waals surface area contributed by atoms with E-state index in [2.05, 4.69) is 29.6 Å². The maximum absolute atomic E-state index is 11.2. The van der Waals surface area contributed by atoms with Crippen molar-refractivity contribution in [1.29, 1.82) is 0 Å². The average molecular weight is 189 g/mol. The second-order valence-electron chi connectivity index (χ2n) is 3.90. The molecule has 2 nitrogen and oxygen atoms in total. The first-order chi connectivity index (χ1) is 6.84. The minimum atomic E-state index is 0.206. The molecular formula is C12H15NO. The number of benzene rings is 1. The molecule has 1 aliphatic heterocycles. The molecule has 1 aromatic rings. The summed E-state index contributed by atoms with van der Waals surface area (Å²) >= 11 is 0. The van der Waals surface area contributed by atoms with Gasteiger partial charge in [-0.2, -0.15) is 0 Å². The lowest BCUT2D eigenvalue weighted by Crippen LogP contribution is -2.34. The average Bonchev–Trinajstić information content (AvgIpc) is 2.19. The van der Waals surface area contributed by atoms with Crippen molar-refractivity contribution in [2.45, 2.75) is 19.3 Å². The molecule has 1 aliphatic rings. The van der Waals surface area contributed by atoms with E-state index in [0.29, 0.717) is 12.3 Å². The lowest BCUT2D eigenvalue weighted by Gasteiger charge is -2.21. The van der Waals surface area contributed by atoms with Crippen LogP contribution < -0.4 is 5.32 Å². The van der Waals surface area contributed by atoms with Gasteiger partial charge in [-0.15, -0.1) is 0 Å². The first-order valence-corrected chi connectivity index (χ1v) is 5.15. The van der Waals surface area contributed by atoms with E-state index in [4.69, 9.17) is 0 Å². The minimum Gasteiger partial charge on any atom is -0.356 e. The van der Waals surface area contributed by atoms with Gasteiger partial charge in [0.15, 0.2) is 0 Å². The Bertz CT molecular complexity index is 307. The van der Waals surface area contributed by atoms with Crippen LogP contribution in [0.4, 0.5) is 0 Å². The number of carbonyl (C=O) groups is 1. The quantitative estimate of drug-likeness (QED) is 0.754. The fourth-order valence-corrected chi connectivity index (χ4v) is 1.97. The van der Waals surface area contributed by atoms with Crippen LogP contribution in [0, 0.1) is 5.92 Å². The monoisotopic (exact) mass is 189 g/mol. The Hall–Kier alpha value is -1.31. The predicted octanol–water partition coefficient (Wildman–Crippen LogP) is 1.76. The van der Waals surface area contributed by atoms with E-state index in [1.807, 2.05) is 6.07 Å². The van der Waals surface area contributed by atoms with E-state index < -0.39 is 0 Å². The molecule has 0 bridgehead atoms. The maximum Gasteiger partial charge on any atom is 0.220 e. The van der Waals surface area contributed by atoms with Crippen LogP contribution >= 0.6 is 0 Å². The van der Waals surface area contributed by atoms with Crippen molar-refractivity contribution in [2.24, 2.45) is 5.92 Å². The van der Waals surface area contributed by atoms with E-state index in [1.165, 1.54) is 5.56 Å². The number of piperidine rings is 1. The van der Waals surface area contributed by atoms with Crippen LogP contribution in [0.1, 0.15) is 18.4 Å². The number of rotatable bonds is 2. The third-order valence-electron chi connectivity index (χ3n) is 2.72. The predicted molar refractivity (Wildman–Crippen MR) is 55.9 cm³/mol. The molecule has 1 amide bonds. The van der Waals surface area contributed by atoms with Gasteiger partial charge in [-0.25, -0.2) is 0 Å². The van der Waals surface area contributed by atoms with Crippen molar-refractivity contribution >= 4 is 5.91 Å². The van der Waals surface area contributed by atoms with E-state index in [1.54, 1.807) is 0 Å². The molecule has 1 aromatic carbocycles. The van der Waals surface area contributed by atoms with Crippen molar-refractivity contribution in [3.63, 3.8) is 0 Å². The van der Waals surface area contributed by atoms with Crippen LogP contribution in [-0.2, 0) is 11.2 Å². The molecule has 14 heavy (non-hydrogen) atoms. The van der Waals surface area contributed by atoms with E-state index >= 15 is 0 Å². The zero-order valence-corrected chi connectivity index (χ0v) is 8.20. The number of nitrogens with one attached hydrogen (secondary N) is 1. The molecular weight excluding hydrogens is 174 g/mol. The lowest BCUT2D eigenvalue weighted by molar-refractivity contribution is -0.123. The highest BCUT2D eigenvalue weighted by Gasteiger charge is 2.18. The normalized spacial score (nSPS) is 21.7. The number of hydrogen-bond acceptors (Lipinski definition) is 1. The molecule has 0 aliphatic carbocycles. The first-order valence-electron chi connectivity index (χ1n) is 5.15. The van der Waals surface area contributed by atoms with Crippen molar-refractivity contribution in [3.05, 3.63) is 35.9 Å². The van der Waals surface area contributed by atoms with Crippen molar-refractivity contribution in [3.8, 4) is 0 Å². The van der Waals surface area contributed by atoms with Gasteiger partial charge in [-0.05, 0) is 24.3 Å². The van der Waals surface area contributed by atoms with Gasteiger partial charge in [0.2, 0.25) is 5.91 Å². The van der Waals surface area contributed by atoms with Gasteiger partial charge in [0.1, 0.15) is 0 Å². The SMILES string of the molecule is O=C1CC(Cc2ccccc2)CCN1. The summed E-state index contributed by atoms with van der Waals surface area (Å²) in [5.41, 5.74) is 1.34. The molecule has 1 heterocycles. The molecule has 2 heteroatoms. The van der Waals surface area contributed by atoms with Crippen LogP contribution in [0.15, 0.2) is 30.3 Å². The van der Waals surface area contributed by atoms with Crippen LogP contribution in [-0.4, -0.2) is 12.5 Å². The van der Waals surface area contributed by atoms with Gasteiger partial charge in [0.05, 0.1) is 0 Å². The second-order valence-corrected chi connectivity index (χ2v) is 3.90. The Morgan fingerprint density at radius 2 is 2.07 bits per heavy atom. The number of hydrogen-bond donors (Lipinski definition) is 1. The second kappa shape index (κ2) is 4.27. The van der Waals surface area contributed by atoms with Crippen molar-refractivity contribution in [2.75, 3.05) is 6.54 Å². The summed E-state index contributed by atoms with van der Waals surface area (Å²) in [6, 6.07) is 10.4. The first kappa shape index (κ1) is 9.25. The zero-order valence-electron chi connectivity index (χ0n) is 8.20. The minimum absolute atomic E-state index is 0.206. The Morgan fingerprint density at radius 1 is 1.29 bits per heavy atom. The van der Waals surface area contributed by atoms with Crippen LogP contribution in [0.5, 0.6) is 0 Å². The topological polar surface area (TPSA) is 29.1 Å². The Balaban J connectivity index is 1.94. The largest absolute Gasteiger partial charge is 0.356 e. The molecule has 0 spiro atoms. The smallest absolute Gasteiger partial charge is 0.220 e. The molecule has 1 N–H and O–H groups in total. The highest BCUT2D eigenvalue weighted by Crippen LogP contribution is 2.18. The third-order valence-corrected chi connectivity index (χ3v) is 2.72. The number of amides is 1. The van der Waals surface area contributed by atoms with Gasteiger partial charge < -0.3 is 5.32 Å². The number of carbonyl (C=O) groups excluding carboxylic acids is 1. The van der Waals surface area contributed by atoms with Crippen LogP contribution in [0.2, 0.25) is 0 Å². The van der Waals surface area contributed by atoms with E-state index in [-0.39, 0.29) is 5.91 Å². The molecule has 2 rings (SSSR count). The van der Waals surface area contributed by atoms with E-state index in [0.717, 1.165) is 19.4 Å². The molecule has 1 atom stereocenters. The molecule has 1 unspecified atom stereocenters. The Kier molecular flexibility index (Phi) is 2.82. The molecule has 1 saturated heterocycles. The highest BCUT2D eigenvalue weighted by molar-refractivity contribution is 5.76. The van der Waals surface area contributed by atoms with Crippen molar-refractivity contribution < 1.29 is 4.79 Å². The summed E-state index contributed by atoms with van der Waals surface area (Å²) < 4.78 is 0. The van der Waals surface area contributed by atoms with Gasteiger partial charge in [-0.3, -0.25) is 4.79 Å². The molecule has 0 aromatic heterocycles. The fraction of sp³-hybridized carbons (Fsp3) is 0.417. The summed E-state index contributed by atoms with van der Waals surface area (Å²) in [5.74, 6) is 0.739. The molecule has 0 radical (unpaired) electrons. The summed E-state index contributed by atoms with van der Waals surface area (Å²) in [6.07, 6.45) is 2.84. The summed E-state index contributed by atoms with van der Waals surface area (Å²) in [5, 5.41) is 2.86.